The average Bonchev–Trinajstić information content (AvgIpc) is 2.46. The highest BCUT2D eigenvalue weighted by Gasteiger charge is 2.21. The molecule has 1 aliphatic rings. The van der Waals surface area contributed by atoms with Crippen LogP contribution in [0.4, 0.5) is 11.6 Å². The minimum absolute atomic E-state index is 0.329. The number of aromatic nitrogens is 2. The van der Waals surface area contributed by atoms with Gasteiger partial charge in [-0.2, -0.15) is 0 Å². The molecule has 0 aliphatic carbocycles. The standard InChI is InChI=1S/C14H24N4O/c1-10(2)14-16-12(15-3)9-13(17-14)18(4)11-5-7-19-8-6-11/h9-11H,5-8H2,1-4H3,(H,15,16,17). The summed E-state index contributed by atoms with van der Waals surface area (Å²) in [4.78, 5) is 11.5. The Kier molecular flexibility index (Phi) is 4.58. The Morgan fingerprint density at radius 3 is 2.58 bits per heavy atom. The maximum atomic E-state index is 5.42. The lowest BCUT2D eigenvalue weighted by Crippen LogP contribution is -2.37. The van der Waals surface area contributed by atoms with Gasteiger partial charge in [0.15, 0.2) is 0 Å². The molecule has 0 atom stereocenters. The van der Waals surface area contributed by atoms with Gasteiger partial charge in [-0.3, -0.25) is 0 Å². The van der Waals surface area contributed by atoms with Crippen molar-refractivity contribution in [3.8, 4) is 0 Å². The van der Waals surface area contributed by atoms with Crippen LogP contribution in [0.25, 0.3) is 0 Å². The second kappa shape index (κ2) is 6.19. The van der Waals surface area contributed by atoms with Crippen LogP contribution in [0.2, 0.25) is 0 Å². The van der Waals surface area contributed by atoms with Gasteiger partial charge in [0.2, 0.25) is 0 Å². The van der Waals surface area contributed by atoms with Gasteiger partial charge in [0, 0.05) is 45.3 Å². The van der Waals surface area contributed by atoms with Crippen LogP contribution < -0.4 is 10.2 Å². The van der Waals surface area contributed by atoms with E-state index in [-0.39, 0.29) is 0 Å². The van der Waals surface area contributed by atoms with E-state index < -0.39 is 0 Å². The minimum Gasteiger partial charge on any atom is -0.381 e. The summed E-state index contributed by atoms with van der Waals surface area (Å²) in [5, 5.41) is 3.12. The lowest BCUT2D eigenvalue weighted by atomic mass is 10.1. The Morgan fingerprint density at radius 1 is 1.32 bits per heavy atom. The first-order valence-corrected chi connectivity index (χ1v) is 6.99. The molecular weight excluding hydrogens is 240 g/mol. The van der Waals surface area contributed by atoms with Crippen molar-refractivity contribution in [2.45, 2.75) is 38.6 Å². The second-order valence-electron chi connectivity index (χ2n) is 5.33. The Morgan fingerprint density at radius 2 is 2.00 bits per heavy atom. The molecule has 1 saturated heterocycles. The zero-order valence-corrected chi connectivity index (χ0v) is 12.3. The first-order chi connectivity index (χ1) is 9.11. The lowest BCUT2D eigenvalue weighted by molar-refractivity contribution is 0.0853. The van der Waals surface area contributed by atoms with E-state index in [9.17, 15) is 0 Å². The molecule has 1 N–H and O–H groups in total. The van der Waals surface area contributed by atoms with E-state index in [1.54, 1.807) is 0 Å². The molecule has 0 amide bonds. The Bertz CT molecular complexity index is 416. The molecule has 0 aromatic carbocycles. The fraction of sp³-hybridized carbons (Fsp3) is 0.714. The van der Waals surface area contributed by atoms with E-state index in [1.807, 2.05) is 13.1 Å². The molecule has 2 heterocycles. The van der Waals surface area contributed by atoms with Crippen molar-refractivity contribution in [2.24, 2.45) is 0 Å². The summed E-state index contributed by atoms with van der Waals surface area (Å²) in [6.07, 6.45) is 2.12. The molecule has 1 fully saturated rings. The summed E-state index contributed by atoms with van der Waals surface area (Å²) in [6, 6.07) is 2.52. The summed E-state index contributed by atoms with van der Waals surface area (Å²) < 4.78 is 5.42. The Hall–Kier alpha value is -1.36. The van der Waals surface area contributed by atoms with E-state index in [0.717, 1.165) is 43.5 Å². The minimum atomic E-state index is 0.329. The van der Waals surface area contributed by atoms with Crippen molar-refractivity contribution in [1.29, 1.82) is 0 Å². The predicted molar refractivity (Wildman–Crippen MR) is 77.9 cm³/mol. The molecule has 5 nitrogen and oxygen atoms in total. The topological polar surface area (TPSA) is 50.3 Å². The zero-order chi connectivity index (χ0) is 13.8. The maximum Gasteiger partial charge on any atom is 0.135 e. The molecule has 0 bridgehead atoms. The first-order valence-electron chi connectivity index (χ1n) is 6.99. The van der Waals surface area contributed by atoms with Gasteiger partial charge in [-0.1, -0.05) is 13.8 Å². The van der Waals surface area contributed by atoms with Crippen molar-refractivity contribution in [3.05, 3.63) is 11.9 Å². The van der Waals surface area contributed by atoms with E-state index in [1.165, 1.54) is 0 Å². The quantitative estimate of drug-likeness (QED) is 0.904. The summed E-state index contributed by atoms with van der Waals surface area (Å²) in [5.74, 6) is 3.10. The second-order valence-corrected chi connectivity index (χ2v) is 5.33. The van der Waals surface area contributed by atoms with Crippen molar-refractivity contribution >= 4 is 11.6 Å². The zero-order valence-electron chi connectivity index (χ0n) is 12.3. The smallest absolute Gasteiger partial charge is 0.135 e. The summed E-state index contributed by atoms with van der Waals surface area (Å²) in [7, 11) is 4.01. The first kappa shape index (κ1) is 14.1. The monoisotopic (exact) mass is 264 g/mol. The highest BCUT2D eigenvalue weighted by atomic mass is 16.5. The normalized spacial score (nSPS) is 16.7. The molecule has 2 rings (SSSR count). The van der Waals surface area contributed by atoms with Crippen LogP contribution in [0, 0.1) is 0 Å². The number of nitrogens with zero attached hydrogens (tertiary/aromatic N) is 3. The van der Waals surface area contributed by atoms with Gasteiger partial charge in [0.25, 0.3) is 0 Å². The summed E-state index contributed by atoms with van der Waals surface area (Å²) in [6.45, 7) is 5.92. The van der Waals surface area contributed by atoms with Crippen molar-refractivity contribution in [1.82, 2.24) is 9.97 Å². The van der Waals surface area contributed by atoms with Gasteiger partial charge < -0.3 is 15.0 Å². The molecule has 1 aromatic heterocycles. The Balaban J connectivity index is 2.24. The molecule has 106 valence electrons. The molecule has 1 aliphatic heterocycles. The highest BCUT2D eigenvalue weighted by molar-refractivity contribution is 5.49. The van der Waals surface area contributed by atoms with Crippen molar-refractivity contribution < 1.29 is 4.74 Å². The number of rotatable bonds is 4. The van der Waals surface area contributed by atoms with Gasteiger partial charge in [-0.05, 0) is 12.8 Å². The number of hydrogen-bond donors (Lipinski definition) is 1. The van der Waals surface area contributed by atoms with Crippen LogP contribution in [0.15, 0.2) is 6.07 Å². The molecule has 1 aromatic rings. The SMILES string of the molecule is CNc1cc(N(C)C2CCOCC2)nc(C(C)C)n1. The number of hydrogen-bond acceptors (Lipinski definition) is 5. The Labute approximate surface area is 115 Å². The van der Waals surface area contributed by atoms with Crippen LogP contribution in [0.3, 0.4) is 0 Å². The van der Waals surface area contributed by atoms with Crippen LogP contribution in [-0.2, 0) is 4.74 Å². The molecular formula is C14H24N4O. The summed E-state index contributed by atoms with van der Waals surface area (Å²) in [5.41, 5.74) is 0. The number of nitrogens with one attached hydrogen (secondary N) is 1. The lowest BCUT2D eigenvalue weighted by Gasteiger charge is -2.32. The van der Waals surface area contributed by atoms with Gasteiger partial charge in [0.1, 0.15) is 17.5 Å². The largest absolute Gasteiger partial charge is 0.381 e. The van der Waals surface area contributed by atoms with Crippen molar-refractivity contribution in [3.63, 3.8) is 0 Å². The van der Waals surface area contributed by atoms with Gasteiger partial charge in [-0.25, -0.2) is 9.97 Å². The molecule has 0 spiro atoms. The predicted octanol–water partition coefficient (Wildman–Crippen LogP) is 2.26. The van der Waals surface area contributed by atoms with Crippen molar-refractivity contribution in [2.75, 3.05) is 37.5 Å². The molecule has 0 unspecified atom stereocenters. The van der Waals surface area contributed by atoms with Gasteiger partial charge >= 0.3 is 0 Å². The summed E-state index contributed by atoms with van der Waals surface area (Å²) >= 11 is 0. The molecule has 0 radical (unpaired) electrons. The fourth-order valence-corrected chi connectivity index (χ4v) is 2.28. The molecule has 0 saturated carbocycles. The number of anilines is 2. The van der Waals surface area contributed by atoms with E-state index >= 15 is 0 Å². The fourth-order valence-electron chi connectivity index (χ4n) is 2.28. The molecule has 19 heavy (non-hydrogen) atoms. The highest BCUT2D eigenvalue weighted by Crippen LogP contribution is 2.23. The van der Waals surface area contributed by atoms with Crippen LogP contribution in [0.1, 0.15) is 38.4 Å². The molecule has 5 heteroatoms. The van der Waals surface area contributed by atoms with E-state index in [0.29, 0.717) is 12.0 Å². The van der Waals surface area contributed by atoms with Gasteiger partial charge in [0.05, 0.1) is 0 Å². The maximum absolute atomic E-state index is 5.42. The van der Waals surface area contributed by atoms with Crippen LogP contribution in [0.5, 0.6) is 0 Å². The van der Waals surface area contributed by atoms with Crippen LogP contribution >= 0.6 is 0 Å². The third-order valence-corrected chi connectivity index (χ3v) is 3.60. The van der Waals surface area contributed by atoms with Gasteiger partial charge in [-0.15, -0.1) is 0 Å². The number of ether oxygens (including phenoxy) is 1. The van der Waals surface area contributed by atoms with E-state index in [4.69, 9.17) is 4.74 Å². The van der Waals surface area contributed by atoms with E-state index in [2.05, 4.69) is 41.1 Å². The van der Waals surface area contributed by atoms with Crippen LogP contribution in [-0.4, -0.2) is 43.3 Å². The average molecular weight is 264 g/mol. The third-order valence-electron chi connectivity index (χ3n) is 3.60. The third kappa shape index (κ3) is 3.35.